The highest BCUT2D eigenvalue weighted by molar-refractivity contribution is 6.03. The number of primary amides is 1. The van der Waals surface area contributed by atoms with Gasteiger partial charge in [-0.25, -0.2) is 0 Å². The zero-order valence-corrected chi connectivity index (χ0v) is 17.4. The predicted octanol–water partition coefficient (Wildman–Crippen LogP) is 4.48. The number of nitro benzene ring substituents is 1. The van der Waals surface area contributed by atoms with Crippen molar-refractivity contribution in [2.45, 2.75) is 12.6 Å². The van der Waals surface area contributed by atoms with Crippen molar-refractivity contribution in [2.24, 2.45) is 5.73 Å². The Kier molecular flexibility index (Phi) is 6.35. The fourth-order valence-corrected chi connectivity index (χ4v) is 3.54. The molecule has 0 saturated heterocycles. The van der Waals surface area contributed by atoms with E-state index in [1.54, 1.807) is 6.07 Å². The largest absolute Gasteiger partial charge is 0.416 e. The van der Waals surface area contributed by atoms with Crippen molar-refractivity contribution in [2.75, 3.05) is 20.6 Å². The molecule has 0 unspecified atom stereocenters. The second-order valence-corrected chi connectivity index (χ2v) is 7.50. The number of H-pyrrole nitrogens is 1. The summed E-state index contributed by atoms with van der Waals surface area (Å²) in [6.07, 6.45) is -4.27. The molecule has 168 valence electrons. The van der Waals surface area contributed by atoms with Crippen molar-refractivity contribution in [1.82, 2.24) is 9.88 Å². The number of aromatic nitrogens is 1. The van der Waals surface area contributed by atoms with E-state index in [0.717, 1.165) is 12.1 Å². The van der Waals surface area contributed by atoms with Crippen LogP contribution in [0.25, 0.3) is 22.5 Å². The summed E-state index contributed by atoms with van der Waals surface area (Å²) in [5.41, 5.74) is 5.65. The van der Waals surface area contributed by atoms with Crippen LogP contribution in [-0.4, -0.2) is 41.4 Å². The van der Waals surface area contributed by atoms with Gasteiger partial charge in [0.2, 0.25) is 0 Å². The van der Waals surface area contributed by atoms with Gasteiger partial charge in [-0.15, -0.1) is 0 Å². The molecule has 1 amide bonds. The number of carbonyl (C=O) groups is 1. The van der Waals surface area contributed by atoms with Crippen molar-refractivity contribution in [3.63, 3.8) is 0 Å². The lowest BCUT2D eigenvalue weighted by Gasteiger charge is -2.12. The molecule has 10 heteroatoms. The highest BCUT2D eigenvalue weighted by Gasteiger charge is 2.32. The van der Waals surface area contributed by atoms with Crippen molar-refractivity contribution < 1.29 is 22.9 Å². The molecular weight excluding hydrogens is 425 g/mol. The number of carbonyl (C=O) groups excluding carboxylic acids is 1. The molecule has 0 saturated carbocycles. The number of hydrogen-bond donors (Lipinski definition) is 2. The molecule has 32 heavy (non-hydrogen) atoms. The van der Waals surface area contributed by atoms with Crippen LogP contribution in [0, 0.1) is 10.1 Å². The molecule has 0 fully saturated rings. The number of benzene rings is 2. The summed E-state index contributed by atoms with van der Waals surface area (Å²) in [6.45, 7) is 0.473. The van der Waals surface area contributed by atoms with Gasteiger partial charge in [0.25, 0.3) is 11.6 Å². The summed E-state index contributed by atoms with van der Waals surface area (Å²) < 4.78 is 39.9. The lowest BCUT2D eigenvalue weighted by molar-refractivity contribution is -0.384. The fourth-order valence-electron chi connectivity index (χ4n) is 3.54. The van der Waals surface area contributed by atoms with E-state index in [-0.39, 0.29) is 40.2 Å². The molecule has 0 bridgehead atoms. The molecule has 1 aromatic heterocycles. The van der Waals surface area contributed by atoms with Crippen molar-refractivity contribution >= 4 is 11.6 Å². The Balaban J connectivity index is 2.32. The Bertz CT molecular complexity index is 1170. The normalized spacial score (nSPS) is 11.7. The lowest BCUT2D eigenvalue weighted by atomic mass is 9.97. The summed E-state index contributed by atoms with van der Waals surface area (Å²) in [6, 6.07) is 10.5. The average Bonchev–Trinajstić information content (AvgIpc) is 3.11. The van der Waals surface area contributed by atoms with Crippen LogP contribution in [0.15, 0.2) is 48.5 Å². The first kappa shape index (κ1) is 23.0. The Labute approximate surface area is 181 Å². The van der Waals surface area contributed by atoms with Crippen molar-refractivity contribution in [3.05, 3.63) is 75.3 Å². The predicted molar refractivity (Wildman–Crippen MR) is 114 cm³/mol. The zero-order valence-electron chi connectivity index (χ0n) is 17.4. The third-order valence-corrected chi connectivity index (χ3v) is 5.01. The molecule has 0 aliphatic rings. The number of alkyl halides is 3. The molecule has 3 N–H and O–H groups in total. The molecule has 0 atom stereocenters. The monoisotopic (exact) mass is 446 g/mol. The maximum Gasteiger partial charge on any atom is 0.416 e. The van der Waals surface area contributed by atoms with E-state index < -0.39 is 22.6 Å². The van der Waals surface area contributed by atoms with Gasteiger partial charge in [0, 0.05) is 18.3 Å². The fraction of sp³-hybridized carbons (Fsp3) is 0.227. The molecule has 7 nitrogen and oxygen atoms in total. The van der Waals surface area contributed by atoms with E-state index in [2.05, 4.69) is 4.98 Å². The number of aromatic amines is 1. The Morgan fingerprint density at radius 3 is 2.41 bits per heavy atom. The first-order valence-corrected chi connectivity index (χ1v) is 9.61. The second-order valence-electron chi connectivity index (χ2n) is 7.50. The van der Waals surface area contributed by atoms with Gasteiger partial charge in [-0.3, -0.25) is 14.9 Å². The van der Waals surface area contributed by atoms with Crippen molar-refractivity contribution in [3.8, 4) is 22.5 Å². The number of hydrogen-bond acceptors (Lipinski definition) is 4. The highest BCUT2D eigenvalue weighted by atomic mass is 19.4. The van der Waals surface area contributed by atoms with E-state index in [4.69, 9.17) is 5.73 Å². The van der Waals surface area contributed by atoms with E-state index in [0.29, 0.717) is 12.1 Å². The van der Waals surface area contributed by atoms with Gasteiger partial charge in [-0.2, -0.15) is 13.2 Å². The second kappa shape index (κ2) is 8.83. The summed E-state index contributed by atoms with van der Waals surface area (Å²) >= 11 is 0. The van der Waals surface area contributed by atoms with Crippen LogP contribution < -0.4 is 5.73 Å². The van der Waals surface area contributed by atoms with E-state index in [1.165, 1.54) is 30.3 Å². The molecular formula is C22H21F3N4O3. The van der Waals surface area contributed by atoms with Gasteiger partial charge in [-0.1, -0.05) is 24.3 Å². The molecule has 3 rings (SSSR count). The SMILES string of the molecule is CN(C)CCc1c(-c2cccc(C(F)(F)F)c2)[nH]c(-c2ccccc2[N+](=O)[O-])c1C(N)=O. The van der Waals surface area contributed by atoms with E-state index in [1.807, 2.05) is 19.0 Å². The Morgan fingerprint density at radius 2 is 1.81 bits per heavy atom. The first-order valence-electron chi connectivity index (χ1n) is 9.61. The van der Waals surface area contributed by atoms with Crippen LogP contribution in [0.1, 0.15) is 21.5 Å². The summed E-state index contributed by atoms with van der Waals surface area (Å²) in [4.78, 5) is 28.2. The van der Waals surface area contributed by atoms with Crippen LogP contribution in [0.4, 0.5) is 18.9 Å². The van der Waals surface area contributed by atoms with Crippen molar-refractivity contribution in [1.29, 1.82) is 0 Å². The smallest absolute Gasteiger partial charge is 0.366 e. The lowest BCUT2D eigenvalue weighted by Crippen LogP contribution is -2.19. The summed E-state index contributed by atoms with van der Waals surface area (Å²) in [5, 5.41) is 11.6. The number of nitrogens with two attached hydrogens (primary N) is 1. The minimum absolute atomic E-state index is 0.0218. The topological polar surface area (TPSA) is 105 Å². The molecule has 0 spiro atoms. The van der Waals surface area contributed by atoms with Crippen LogP contribution in [-0.2, 0) is 12.6 Å². The van der Waals surface area contributed by atoms with Crippen LogP contribution in [0.2, 0.25) is 0 Å². The summed E-state index contributed by atoms with van der Waals surface area (Å²) in [7, 11) is 3.62. The molecule has 1 heterocycles. The number of nitrogens with zero attached hydrogens (tertiary/aromatic N) is 2. The molecule has 0 radical (unpaired) electrons. The van der Waals surface area contributed by atoms with Crippen LogP contribution >= 0.6 is 0 Å². The average molecular weight is 446 g/mol. The number of halogens is 3. The van der Waals surface area contributed by atoms with Crippen LogP contribution in [0.5, 0.6) is 0 Å². The number of para-hydroxylation sites is 1. The number of likely N-dealkylation sites (N-methyl/N-ethyl adjacent to an activating group) is 1. The summed E-state index contributed by atoms with van der Waals surface area (Å²) in [5.74, 6) is -0.832. The highest BCUT2D eigenvalue weighted by Crippen LogP contribution is 2.39. The van der Waals surface area contributed by atoms with Gasteiger partial charge in [0.1, 0.15) is 0 Å². The van der Waals surface area contributed by atoms with Crippen LogP contribution in [0.3, 0.4) is 0 Å². The Hall–Kier alpha value is -3.66. The quantitative estimate of drug-likeness (QED) is 0.412. The third kappa shape index (κ3) is 4.65. The maximum atomic E-state index is 13.3. The van der Waals surface area contributed by atoms with Gasteiger partial charge in [-0.05, 0) is 49.8 Å². The minimum atomic E-state index is -4.56. The molecule has 3 aromatic rings. The number of nitro groups is 1. The zero-order chi connectivity index (χ0) is 23.6. The van der Waals surface area contributed by atoms with Gasteiger partial charge >= 0.3 is 6.18 Å². The molecule has 0 aliphatic heterocycles. The van der Waals surface area contributed by atoms with Gasteiger partial charge in [0.15, 0.2) is 0 Å². The Morgan fingerprint density at radius 1 is 1.12 bits per heavy atom. The molecule has 2 aromatic carbocycles. The van der Waals surface area contributed by atoms with E-state index in [9.17, 15) is 28.1 Å². The first-order chi connectivity index (χ1) is 15.0. The standard InChI is InChI=1S/C22H21F3N4O3/c1-28(2)11-10-16-18(21(26)30)20(15-8-3-4-9-17(15)29(31)32)27-19(16)13-6-5-7-14(12-13)22(23,24)25/h3-9,12,27H,10-11H2,1-2H3,(H2,26,30). The number of amides is 1. The maximum absolute atomic E-state index is 13.3. The minimum Gasteiger partial charge on any atom is -0.366 e. The number of rotatable bonds is 7. The third-order valence-electron chi connectivity index (χ3n) is 5.01. The van der Waals surface area contributed by atoms with Gasteiger partial charge in [0.05, 0.1) is 27.3 Å². The number of nitrogens with one attached hydrogen (secondary N) is 1. The van der Waals surface area contributed by atoms with Gasteiger partial charge < -0.3 is 15.6 Å². The molecule has 0 aliphatic carbocycles. The van der Waals surface area contributed by atoms with E-state index >= 15 is 0 Å².